The molecule has 3 rings (SSSR count). The number of nitrogens with zero attached hydrogens (tertiary/aromatic N) is 1. The van der Waals surface area contributed by atoms with Crippen LogP contribution in [0.2, 0.25) is 0 Å². The van der Waals surface area contributed by atoms with E-state index in [1.807, 2.05) is 6.07 Å². The molecule has 2 aromatic rings. The van der Waals surface area contributed by atoms with E-state index in [1.54, 1.807) is 12.1 Å². The minimum atomic E-state index is 0.0937. The van der Waals surface area contributed by atoms with Gasteiger partial charge in [0.25, 0.3) is 0 Å². The Morgan fingerprint density at radius 3 is 2.68 bits per heavy atom. The summed E-state index contributed by atoms with van der Waals surface area (Å²) in [6.07, 6.45) is 1.12. The van der Waals surface area contributed by atoms with Gasteiger partial charge < -0.3 is 15.5 Å². The molecule has 22 heavy (non-hydrogen) atoms. The van der Waals surface area contributed by atoms with Gasteiger partial charge in [0.05, 0.1) is 0 Å². The van der Waals surface area contributed by atoms with E-state index in [2.05, 4.69) is 34.5 Å². The SMILES string of the molecule is Oc1ccc(CNC2CCN(Cc3ccccc3)C2)c(O)c1. The molecule has 0 spiro atoms. The molecule has 0 radical (unpaired) electrons. The Morgan fingerprint density at radius 1 is 1.09 bits per heavy atom. The number of likely N-dealkylation sites (tertiary alicyclic amines) is 1. The standard InChI is InChI=1S/C18H22N2O2/c21-17-7-6-15(18(22)10-17)11-19-16-8-9-20(13-16)12-14-4-2-1-3-5-14/h1-7,10,16,19,21-22H,8-9,11-13H2. The highest BCUT2D eigenvalue weighted by atomic mass is 16.3. The zero-order valence-electron chi connectivity index (χ0n) is 12.6. The first-order valence-electron chi connectivity index (χ1n) is 7.71. The first-order chi connectivity index (χ1) is 10.7. The summed E-state index contributed by atoms with van der Waals surface area (Å²) >= 11 is 0. The van der Waals surface area contributed by atoms with E-state index in [4.69, 9.17) is 0 Å². The van der Waals surface area contributed by atoms with Crippen LogP contribution in [0.3, 0.4) is 0 Å². The van der Waals surface area contributed by atoms with E-state index >= 15 is 0 Å². The van der Waals surface area contributed by atoms with Gasteiger partial charge in [-0.3, -0.25) is 4.90 Å². The second kappa shape index (κ2) is 6.81. The third-order valence-corrected chi connectivity index (χ3v) is 4.17. The van der Waals surface area contributed by atoms with Crippen molar-refractivity contribution in [3.63, 3.8) is 0 Å². The fourth-order valence-corrected chi connectivity index (χ4v) is 2.94. The molecule has 1 aliphatic rings. The first kappa shape index (κ1) is 14.9. The maximum atomic E-state index is 9.80. The van der Waals surface area contributed by atoms with Gasteiger partial charge >= 0.3 is 0 Å². The van der Waals surface area contributed by atoms with Gasteiger partial charge in [0.15, 0.2) is 0 Å². The van der Waals surface area contributed by atoms with Gasteiger partial charge in [-0.15, -0.1) is 0 Å². The molecule has 2 aromatic carbocycles. The Labute approximate surface area is 131 Å². The lowest BCUT2D eigenvalue weighted by molar-refractivity contribution is 0.319. The van der Waals surface area contributed by atoms with E-state index in [0.717, 1.165) is 31.6 Å². The van der Waals surface area contributed by atoms with Gasteiger partial charge in [-0.25, -0.2) is 0 Å². The predicted octanol–water partition coefficient (Wildman–Crippen LogP) is 2.46. The first-order valence-corrected chi connectivity index (χ1v) is 7.71. The van der Waals surface area contributed by atoms with Gasteiger partial charge in [-0.1, -0.05) is 36.4 Å². The van der Waals surface area contributed by atoms with Crippen LogP contribution in [0.15, 0.2) is 48.5 Å². The number of rotatable bonds is 5. The quantitative estimate of drug-likeness (QED) is 0.794. The van der Waals surface area contributed by atoms with Crippen molar-refractivity contribution >= 4 is 0 Å². The molecule has 4 heteroatoms. The lowest BCUT2D eigenvalue weighted by atomic mass is 10.1. The fraction of sp³-hybridized carbons (Fsp3) is 0.333. The summed E-state index contributed by atoms with van der Waals surface area (Å²) in [5.41, 5.74) is 2.17. The molecule has 1 fully saturated rings. The van der Waals surface area contributed by atoms with Crippen molar-refractivity contribution in [3.8, 4) is 11.5 Å². The van der Waals surface area contributed by atoms with E-state index in [9.17, 15) is 10.2 Å². The lowest BCUT2D eigenvalue weighted by Gasteiger charge is -2.17. The van der Waals surface area contributed by atoms with Gasteiger partial charge in [-0.05, 0) is 18.1 Å². The smallest absolute Gasteiger partial charge is 0.123 e. The summed E-state index contributed by atoms with van der Waals surface area (Å²) in [5, 5.41) is 22.6. The number of hydrogen-bond acceptors (Lipinski definition) is 4. The number of benzene rings is 2. The second-order valence-electron chi connectivity index (χ2n) is 5.90. The molecule has 4 nitrogen and oxygen atoms in total. The summed E-state index contributed by atoms with van der Waals surface area (Å²) in [6, 6.07) is 15.7. The average Bonchev–Trinajstić information content (AvgIpc) is 2.95. The summed E-state index contributed by atoms with van der Waals surface area (Å²) < 4.78 is 0. The molecule has 1 atom stereocenters. The molecule has 1 saturated heterocycles. The van der Waals surface area contributed by atoms with Crippen LogP contribution in [-0.4, -0.2) is 34.2 Å². The zero-order chi connectivity index (χ0) is 15.4. The largest absolute Gasteiger partial charge is 0.508 e. The molecule has 0 aliphatic carbocycles. The van der Waals surface area contributed by atoms with Crippen molar-refractivity contribution in [1.82, 2.24) is 10.2 Å². The summed E-state index contributed by atoms with van der Waals surface area (Å²) in [4.78, 5) is 2.45. The van der Waals surface area contributed by atoms with Crippen LogP contribution in [0.1, 0.15) is 17.5 Å². The molecular formula is C18H22N2O2. The molecule has 0 amide bonds. The van der Waals surface area contributed by atoms with Gasteiger partial charge in [0.2, 0.25) is 0 Å². The van der Waals surface area contributed by atoms with Crippen LogP contribution in [0, 0.1) is 0 Å². The maximum Gasteiger partial charge on any atom is 0.123 e. The van der Waals surface area contributed by atoms with Gasteiger partial charge in [0, 0.05) is 43.9 Å². The van der Waals surface area contributed by atoms with Crippen molar-refractivity contribution in [3.05, 3.63) is 59.7 Å². The molecule has 1 unspecified atom stereocenters. The number of phenols is 2. The molecular weight excluding hydrogens is 276 g/mol. The molecule has 0 saturated carbocycles. The molecule has 3 N–H and O–H groups in total. The predicted molar refractivity (Wildman–Crippen MR) is 86.7 cm³/mol. The number of hydrogen-bond donors (Lipinski definition) is 3. The molecule has 0 bridgehead atoms. The maximum absolute atomic E-state index is 9.80. The topological polar surface area (TPSA) is 55.7 Å². The van der Waals surface area contributed by atoms with Crippen molar-refractivity contribution in [2.24, 2.45) is 0 Å². The van der Waals surface area contributed by atoms with E-state index in [0.29, 0.717) is 12.6 Å². The summed E-state index contributed by atoms with van der Waals surface area (Å²) in [6.45, 7) is 3.72. The summed E-state index contributed by atoms with van der Waals surface area (Å²) in [5.74, 6) is 0.239. The van der Waals surface area contributed by atoms with Gasteiger partial charge in [0.1, 0.15) is 11.5 Å². The Morgan fingerprint density at radius 2 is 1.91 bits per heavy atom. The van der Waals surface area contributed by atoms with Crippen molar-refractivity contribution in [1.29, 1.82) is 0 Å². The highest BCUT2D eigenvalue weighted by Gasteiger charge is 2.22. The molecule has 1 heterocycles. The normalized spacial score (nSPS) is 18.6. The summed E-state index contributed by atoms with van der Waals surface area (Å²) in [7, 11) is 0. The lowest BCUT2D eigenvalue weighted by Crippen LogP contribution is -2.31. The Balaban J connectivity index is 1.49. The third-order valence-electron chi connectivity index (χ3n) is 4.17. The second-order valence-corrected chi connectivity index (χ2v) is 5.90. The molecule has 1 aliphatic heterocycles. The van der Waals surface area contributed by atoms with Crippen molar-refractivity contribution in [2.75, 3.05) is 13.1 Å². The van der Waals surface area contributed by atoms with E-state index in [-0.39, 0.29) is 11.5 Å². The van der Waals surface area contributed by atoms with E-state index in [1.165, 1.54) is 11.6 Å². The highest BCUT2D eigenvalue weighted by molar-refractivity contribution is 5.38. The number of nitrogens with one attached hydrogen (secondary N) is 1. The fourth-order valence-electron chi connectivity index (χ4n) is 2.94. The number of aromatic hydroxyl groups is 2. The Kier molecular flexibility index (Phi) is 4.61. The zero-order valence-corrected chi connectivity index (χ0v) is 12.6. The third kappa shape index (κ3) is 3.78. The van der Waals surface area contributed by atoms with E-state index < -0.39 is 0 Å². The van der Waals surface area contributed by atoms with Crippen LogP contribution in [0.5, 0.6) is 11.5 Å². The van der Waals surface area contributed by atoms with Crippen LogP contribution in [0.25, 0.3) is 0 Å². The van der Waals surface area contributed by atoms with Gasteiger partial charge in [-0.2, -0.15) is 0 Å². The average molecular weight is 298 g/mol. The monoisotopic (exact) mass is 298 g/mol. The van der Waals surface area contributed by atoms with Crippen LogP contribution in [0.4, 0.5) is 0 Å². The van der Waals surface area contributed by atoms with Crippen molar-refractivity contribution < 1.29 is 10.2 Å². The van der Waals surface area contributed by atoms with Crippen LogP contribution < -0.4 is 5.32 Å². The highest BCUT2D eigenvalue weighted by Crippen LogP contribution is 2.23. The Bertz CT molecular complexity index is 616. The van der Waals surface area contributed by atoms with Crippen LogP contribution >= 0.6 is 0 Å². The van der Waals surface area contributed by atoms with Crippen LogP contribution in [-0.2, 0) is 13.1 Å². The molecule has 0 aromatic heterocycles. The number of phenolic OH excluding ortho intramolecular Hbond substituents is 2. The minimum Gasteiger partial charge on any atom is -0.508 e. The molecule has 116 valence electrons. The minimum absolute atomic E-state index is 0.0937. The van der Waals surface area contributed by atoms with Crippen molar-refractivity contribution in [2.45, 2.75) is 25.6 Å². The Hall–Kier alpha value is -2.04.